The van der Waals surface area contributed by atoms with E-state index in [2.05, 4.69) is 64.4 Å². The van der Waals surface area contributed by atoms with Crippen LogP contribution < -0.4 is 5.32 Å². The maximum Gasteiger partial charge on any atom is 0.262 e. The molecule has 0 spiro atoms. The zero-order chi connectivity index (χ0) is 30.5. The van der Waals surface area contributed by atoms with E-state index in [1.165, 1.54) is 21.6 Å². The van der Waals surface area contributed by atoms with Crippen LogP contribution in [0.5, 0.6) is 0 Å². The summed E-state index contributed by atoms with van der Waals surface area (Å²) in [4.78, 5) is 39.8. The molecular formula is C34H46N2O4S. The SMILES string of the molecule is C=C(C)C(CCC(=O)N[C@@H](CSC/C=C(\C)CC/C=C(\C)CCC=C(C)C)C(=C)O)N1C(=O)c2ccccc2C1=O. The molecule has 1 aromatic rings. The summed E-state index contributed by atoms with van der Waals surface area (Å²) in [5.41, 5.74) is 5.45. The minimum Gasteiger partial charge on any atom is -0.511 e. The highest BCUT2D eigenvalue weighted by Crippen LogP contribution is 2.28. The third kappa shape index (κ3) is 10.9. The van der Waals surface area contributed by atoms with E-state index < -0.39 is 12.1 Å². The summed E-state index contributed by atoms with van der Waals surface area (Å²) in [6.45, 7) is 17.9. The number of aliphatic hydroxyl groups is 1. The maximum absolute atomic E-state index is 12.9. The number of hydrogen-bond donors (Lipinski definition) is 2. The fraction of sp³-hybridized carbons (Fsp3) is 0.441. The molecule has 0 bridgehead atoms. The van der Waals surface area contributed by atoms with Crippen molar-refractivity contribution in [1.29, 1.82) is 0 Å². The molecule has 0 aliphatic carbocycles. The van der Waals surface area contributed by atoms with Gasteiger partial charge in [-0.05, 0) is 78.9 Å². The van der Waals surface area contributed by atoms with Gasteiger partial charge in [0.1, 0.15) is 5.76 Å². The van der Waals surface area contributed by atoms with Crippen molar-refractivity contribution in [2.24, 2.45) is 0 Å². The number of allylic oxidation sites excluding steroid dienone is 5. The highest BCUT2D eigenvalue weighted by molar-refractivity contribution is 7.99. The fourth-order valence-electron chi connectivity index (χ4n) is 4.57. The molecule has 1 aliphatic heterocycles. The van der Waals surface area contributed by atoms with Gasteiger partial charge in [-0.2, -0.15) is 11.8 Å². The lowest BCUT2D eigenvalue weighted by molar-refractivity contribution is -0.121. The number of nitrogens with zero attached hydrogens (tertiary/aromatic N) is 1. The lowest BCUT2D eigenvalue weighted by Crippen LogP contribution is -2.42. The van der Waals surface area contributed by atoms with Gasteiger partial charge in [0.05, 0.1) is 23.2 Å². The Bertz CT molecular complexity index is 1190. The van der Waals surface area contributed by atoms with Crippen LogP contribution in [-0.2, 0) is 4.79 Å². The first-order chi connectivity index (χ1) is 19.4. The molecule has 0 radical (unpaired) electrons. The van der Waals surface area contributed by atoms with E-state index in [4.69, 9.17) is 0 Å². The average molecular weight is 579 g/mol. The molecule has 1 aliphatic rings. The molecule has 41 heavy (non-hydrogen) atoms. The minimum atomic E-state index is -0.595. The van der Waals surface area contributed by atoms with Crippen LogP contribution >= 0.6 is 11.8 Å². The molecule has 2 rings (SSSR count). The van der Waals surface area contributed by atoms with E-state index >= 15 is 0 Å². The van der Waals surface area contributed by atoms with Crippen molar-refractivity contribution < 1.29 is 19.5 Å². The molecule has 7 heteroatoms. The van der Waals surface area contributed by atoms with E-state index in [1.54, 1.807) is 43.0 Å². The Kier molecular flexibility index (Phi) is 13.9. The summed E-state index contributed by atoms with van der Waals surface area (Å²) in [6, 6.07) is 5.53. The zero-order valence-electron chi connectivity index (χ0n) is 25.3. The Morgan fingerprint density at radius 1 is 0.927 bits per heavy atom. The number of benzene rings is 1. The monoisotopic (exact) mass is 578 g/mol. The van der Waals surface area contributed by atoms with Gasteiger partial charge < -0.3 is 10.4 Å². The number of nitrogens with one attached hydrogen (secondary N) is 1. The predicted molar refractivity (Wildman–Crippen MR) is 171 cm³/mol. The number of fused-ring (bicyclic) bond motifs is 1. The zero-order valence-corrected chi connectivity index (χ0v) is 26.1. The number of thioether (sulfide) groups is 1. The smallest absolute Gasteiger partial charge is 0.262 e. The number of hydrogen-bond acceptors (Lipinski definition) is 5. The van der Waals surface area contributed by atoms with Crippen LogP contribution in [0.3, 0.4) is 0 Å². The summed E-state index contributed by atoms with van der Waals surface area (Å²) in [7, 11) is 0. The molecule has 1 aromatic carbocycles. The Balaban J connectivity index is 1.81. The minimum absolute atomic E-state index is 0.0691. The standard InChI is InChI=1S/C34H46N2O4S/c1-23(2)12-10-13-25(5)14-11-15-26(6)20-21-41-22-30(27(7)37)35-32(38)19-18-31(24(3)4)36-33(39)28-16-8-9-17-29(28)34(36)40/h8-9,12,14,16-17,20,30-31,37H,3,7,10-11,13,15,18-19,21-22H2,1-2,4-6H3,(H,35,38)/b25-14+,26-20+/t30-,31?/m0/s1. The van der Waals surface area contributed by atoms with Gasteiger partial charge in [0, 0.05) is 17.9 Å². The van der Waals surface area contributed by atoms with E-state index in [0.717, 1.165) is 31.4 Å². The molecule has 0 fully saturated rings. The van der Waals surface area contributed by atoms with Gasteiger partial charge in [-0.3, -0.25) is 19.3 Å². The normalized spacial score (nSPS) is 14.9. The molecule has 3 amide bonds. The predicted octanol–water partition coefficient (Wildman–Crippen LogP) is 7.72. The highest BCUT2D eigenvalue weighted by atomic mass is 32.2. The first kappa shape index (κ1) is 33.9. The van der Waals surface area contributed by atoms with Crippen LogP contribution in [0.4, 0.5) is 0 Å². The average Bonchev–Trinajstić information content (AvgIpc) is 3.15. The van der Waals surface area contributed by atoms with Crippen molar-refractivity contribution in [2.75, 3.05) is 11.5 Å². The molecular weight excluding hydrogens is 532 g/mol. The molecule has 1 unspecified atom stereocenters. The third-order valence-electron chi connectivity index (χ3n) is 7.05. The Morgan fingerprint density at radius 2 is 1.49 bits per heavy atom. The van der Waals surface area contributed by atoms with Crippen molar-refractivity contribution in [2.45, 2.75) is 85.2 Å². The van der Waals surface area contributed by atoms with Gasteiger partial charge in [-0.1, -0.05) is 65.8 Å². The van der Waals surface area contributed by atoms with Gasteiger partial charge >= 0.3 is 0 Å². The van der Waals surface area contributed by atoms with Crippen molar-refractivity contribution in [3.63, 3.8) is 0 Å². The van der Waals surface area contributed by atoms with Crippen molar-refractivity contribution >= 4 is 29.5 Å². The maximum atomic E-state index is 12.9. The van der Waals surface area contributed by atoms with E-state index in [-0.39, 0.29) is 36.3 Å². The number of amides is 3. The van der Waals surface area contributed by atoms with Gasteiger partial charge in [-0.15, -0.1) is 0 Å². The molecule has 6 nitrogen and oxygen atoms in total. The number of aliphatic hydroxyl groups excluding tert-OH is 1. The second-order valence-electron chi connectivity index (χ2n) is 11.0. The lowest BCUT2D eigenvalue weighted by atomic mass is 10.0. The van der Waals surface area contributed by atoms with E-state index in [0.29, 0.717) is 22.5 Å². The fourth-order valence-corrected chi connectivity index (χ4v) is 5.62. The van der Waals surface area contributed by atoms with Gasteiger partial charge in [0.2, 0.25) is 5.91 Å². The lowest BCUT2D eigenvalue weighted by Gasteiger charge is -2.27. The van der Waals surface area contributed by atoms with Crippen LogP contribution in [0.2, 0.25) is 0 Å². The quantitative estimate of drug-likeness (QED) is 0.0855. The summed E-state index contributed by atoms with van der Waals surface area (Å²) < 4.78 is 0. The second kappa shape index (κ2) is 16.8. The molecule has 222 valence electrons. The van der Waals surface area contributed by atoms with Crippen molar-refractivity contribution in [3.8, 4) is 0 Å². The van der Waals surface area contributed by atoms with Crippen LogP contribution in [0.25, 0.3) is 0 Å². The molecule has 0 aromatic heterocycles. The van der Waals surface area contributed by atoms with Crippen LogP contribution in [0.15, 0.2) is 83.7 Å². The van der Waals surface area contributed by atoms with E-state index in [9.17, 15) is 19.5 Å². The molecule has 0 saturated carbocycles. The van der Waals surface area contributed by atoms with Crippen LogP contribution in [0, 0.1) is 0 Å². The topological polar surface area (TPSA) is 86.7 Å². The van der Waals surface area contributed by atoms with E-state index in [1.807, 2.05) is 0 Å². The Labute approximate surface area is 250 Å². The largest absolute Gasteiger partial charge is 0.511 e. The first-order valence-electron chi connectivity index (χ1n) is 14.2. The Hall–Kier alpha value is -3.32. The molecule has 0 saturated heterocycles. The number of carbonyl (C=O) groups excluding carboxylic acids is 3. The number of rotatable bonds is 17. The summed E-state index contributed by atoms with van der Waals surface area (Å²) in [5, 5.41) is 12.9. The van der Waals surface area contributed by atoms with Gasteiger partial charge in [0.25, 0.3) is 11.8 Å². The molecule has 2 atom stereocenters. The Morgan fingerprint density at radius 3 is 2.02 bits per heavy atom. The molecule has 1 heterocycles. The molecule has 2 N–H and O–H groups in total. The highest BCUT2D eigenvalue weighted by Gasteiger charge is 2.40. The number of carbonyl (C=O) groups is 3. The summed E-state index contributed by atoms with van der Waals surface area (Å²) in [6.07, 6.45) is 11.3. The van der Waals surface area contributed by atoms with Crippen molar-refractivity contribution in [3.05, 3.63) is 94.8 Å². The number of imide groups is 1. The summed E-state index contributed by atoms with van der Waals surface area (Å²) in [5.74, 6) is 0.129. The third-order valence-corrected chi connectivity index (χ3v) is 8.02. The van der Waals surface area contributed by atoms with Gasteiger partial charge in [-0.25, -0.2) is 0 Å². The van der Waals surface area contributed by atoms with Crippen molar-refractivity contribution in [1.82, 2.24) is 10.2 Å². The van der Waals surface area contributed by atoms with Crippen LogP contribution in [-0.4, -0.2) is 51.3 Å². The van der Waals surface area contributed by atoms with Crippen LogP contribution in [0.1, 0.15) is 93.9 Å². The first-order valence-corrected chi connectivity index (χ1v) is 15.4. The second-order valence-corrected chi connectivity index (χ2v) is 12.1. The summed E-state index contributed by atoms with van der Waals surface area (Å²) >= 11 is 1.61. The van der Waals surface area contributed by atoms with Gasteiger partial charge in [0.15, 0.2) is 0 Å².